The van der Waals surface area contributed by atoms with Crippen molar-refractivity contribution < 1.29 is 9.09 Å². The molecule has 0 saturated carbocycles. The summed E-state index contributed by atoms with van der Waals surface area (Å²) < 4.78 is 16.4. The van der Waals surface area contributed by atoms with Gasteiger partial charge in [0.2, 0.25) is 0 Å². The first-order valence-corrected chi connectivity index (χ1v) is 7.02. The van der Waals surface area contributed by atoms with Crippen LogP contribution in [0.4, 0.5) is 0 Å². The lowest BCUT2D eigenvalue weighted by molar-refractivity contribution is 0.391. The maximum absolute atomic E-state index is 11.5. The zero-order valence-corrected chi connectivity index (χ0v) is 9.17. The fraction of sp³-hybridized carbons (Fsp3) is 1.00. The number of hydrogen-bond donors (Lipinski definition) is 1. The van der Waals surface area contributed by atoms with E-state index in [1.165, 1.54) is 18.5 Å². The van der Waals surface area contributed by atoms with Crippen molar-refractivity contribution in [1.29, 1.82) is 0 Å². The third-order valence-corrected chi connectivity index (χ3v) is 5.40. The first kappa shape index (κ1) is 11.5. The fourth-order valence-corrected chi connectivity index (χ4v) is 2.93. The molecule has 0 aliphatic heterocycles. The summed E-state index contributed by atoms with van der Waals surface area (Å²) in [5.41, 5.74) is 0. The minimum Gasteiger partial charge on any atom is -0.313 e. The second kappa shape index (κ2) is 5.20. The third kappa shape index (κ3) is 4.16. The molecule has 2 unspecified atom stereocenters. The summed E-state index contributed by atoms with van der Waals surface area (Å²) in [6, 6.07) is 0.244. The first-order valence-electron chi connectivity index (χ1n) is 3.57. The van der Waals surface area contributed by atoms with Gasteiger partial charge in [0, 0.05) is 13.2 Å². The van der Waals surface area contributed by atoms with Crippen LogP contribution < -0.4 is 5.09 Å². The third-order valence-electron chi connectivity index (χ3n) is 1.47. The molecule has 0 spiro atoms. The molecule has 0 aromatic heterocycles. The molecule has 0 radical (unpaired) electrons. The number of rotatable bonds is 5. The van der Waals surface area contributed by atoms with Crippen LogP contribution in [0.2, 0.25) is 0 Å². The summed E-state index contributed by atoms with van der Waals surface area (Å²) in [6.07, 6.45) is 2.73. The number of hydrogen-bond acceptors (Lipinski definition) is 3. The van der Waals surface area contributed by atoms with Gasteiger partial charge in [0.1, 0.15) is 0 Å². The van der Waals surface area contributed by atoms with E-state index in [0.29, 0.717) is 0 Å². The predicted octanol–water partition coefficient (Wildman–Crippen LogP) is 2.49. The Hall–Kier alpha value is 0.500. The first-order chi connectivity index (χ1) is 5.08. The molecule has 0 fully saturated rings. The van der Waals surface area contributed by atoms with Crippen molar-refractivity contribution in [3.8, 4) is 0 Å². The van der Waals surface area contributed by atoms with Crippen LogP contribution in [0.25, 0.3) is 0 Å². The van der Waals surface area contributed by atoms with Gasteiger partial charge in [-0.25, -0.2) is 5.09 Å². The van der Waals surface area contributed by atoms with Crippen LogP contribution >= 0.6 is 18.1 Å². The van der Waals surface area contributed by atoms with Gasteiger partial charge >= 0.3 is 6.72 Å². The molecule has 0 saturated heterocycles. The Kier molecular flexibility index (Phi) is 5.44. The molecule has 1 N–H and O–H groups in total. The van der Waals surface area contributed by atoms with E-state index in [2.05, 4.69) is 5.09 Å². The van der Waals surface area contributed by atoms with Gasteiger partial charge in [-0.3, -0.25) is 4.57 Å². The highest BCUT2D eigenvalue weighted by molar-refractivity contribution is 8.55. The summed E-state index contributed by atoms with van der Waals surface area (Å²) in [5.74, 6) is 0. The van der Waals surface area contributed by atoms with Crippen LogP contribution in [0.1, 0.15) is 20.3 Å². The second-order valence-corrected chi connectivity index (χ2v) is 6.82. The van der Waals surface area contributed by atoms with Gasteiger partial charge < -0.3 is 4.52 Å². The summed E-state index contributed by atoms with van der Waals surface area (Å²) in [5, 5.41) is 2.94. The standard InChI is InChI=1S/C6H16NO2PS/c1-5-6(2)7-10(8,9-3)11-4/h6H,5H2,1-4H3,(H,7,8). The Morgan fingerprint density at radius 2 is 2.27 bits per heavy atom. The Balaban J connectivity index is 3.97. The number of nitrogens with one attached hydrogen (secondary N) is 1. The van der Waals surface area contributed by atoms with Gasteiger partial charge in [0.25, 0.3) is 0 Å². The zero-order chi connectivity index (χ0) is 8.91. The van der Waals surface area contributed by atoms with Crippen molar-refractivity contribution in [3.05, 3.63) is 0 Å². The van der Waals surface area contributed by atoms with Gasteiger partial charge in [-0.15, -0.1) is 0 Å². The van der Waals surface area contributed by atoms with Crippen LogP contribution in [0.3, 0.4) is 0 Å². The highest BCUT2D eigenvalue weighted by Gasteiger charge is 2.20. The Morgan fingerprint density at radius 3 is 2.55 bits per heavy atom. The Bertz CT molecular complexity index is 146. The minimum absolute atomic E-state index is 0.244. The van der Waals surface area contributed by atoms with Gasteiger partial charge in [0.05, 0.1) is 0 Å². The average Bonchev–Trinajstić information content (AvgIpc) is 2.04. The molecular weight excluding hydrogens is 181 g/mol. The van der Waals surface area contributed by atoms with Gasteiger partial charge in [-0.1, -0.05) is 18.3 Å². The van der Waals surface area contributed by atoms with Crippen molar-refractivity contribution in [2.45, 2.75) is 26.3 Å². The maximum atomic E-state index is 11.5. The van der Waals surface area contributed by atoms with Crippen LogP contribution in [0, 0.1) is 0 Å². The summed E-state index contributed by atoms with van der Waals surface area (Å²) >= 11 is 1.24. The smallest absolute Gasteiger partial charge is 0.313 e. The summed E-state index contributed by atoms with van der Waals surface area (Å²) in [7, 11) is 1.46. The van der Waals surface area contributed by atoms with Crippen molar-refractivity contribution in [1.82, 2.24) is 5.09 Å². The molecule has 11 heavy (non-hydrogen) atoms. The SMILES string of the molecule is CCC(C)NP(=O)(OC)SC. The fourth-order valence-electron chi connectivity index (χ4n) is 0.541. The molecule has 0 aromatic rings. The molecule has 0 rings (SSSR count). The Labute approximate surface area is 72.5 Å². The highest BCUT2D eigenvalue weighted by atomic mass is 32.7. The Morgan fingerprint density at radius 1 is 1.73 bits per heavy atom. The highest BCUT2D eigenvalue weighted by Crippen LogP contribution is 2.53. The van der Waals surface area contributed by atoms with E-state index >= 15 is 0 Å². The topological polar surface area (TPSA) is 38.3 Å². The van der Waals surface area contributed by atoms with Gasteiger partial charge in [0.15, 0.2) is 0 Å². The molecule has 5 heteroatoms. The minimum atomic E-state index is -2.59. The second-order valence-electron chi connectivity index (χ2n) is 2.30. The monoisotopic (exact) mass is 197 g/mol. The van der Waals surface area contributed by atoms with Crippen molar-refractivity contribution in [3.63, 3.8) is 0 Å². The van der Waals surface area contributed by atoms with E-state index in [-0.39, 0.29) is 6.04 Å². The molecule has 2 atom stereocenters. The molecule has 0 heterocycles. The van der Waals surface area contributed by atoms with E-state index in [1.54, 1.807) is 6.26 Å². The largest absolute Gasteiger partial charge is 0.326 e. The predicted molar refractivity (Wildman–Crippen MR) is 51.0 cm³/mol. The average molecular weight is 197 g/mol. The van der Waals surface area contributed by atoms with Gasteiger partial charge in [-0.2, -0.15) is 0 Å². The van der Waals surface area contributed by atoms with E-state index in [9.17, 15) is 4.57 Å². The van der Waals surface area contributed by atoms with E-state index in [0.717, 1.165) is 6.42 Å². The molecule has 68 valence electrons. The van der Waals surface area contributed by atoms with Gasteiger partial charge in [-0.05, 0) is 19.6 Å². The lowest BCUT2D eigenvalue weighted by Crippen LogP contribution is -2.21. The molecule has 0 amide bonds. The molecule has 3 nitrogen and oxygen atoms in total. The molecule has 0 aliphatic rings. The summed E-state index contributed by atoms with van der Waals surface area (Å²) in [4.78, 5) is 0. The molecule has 0 aliphatic carbocycles. The van der Waals surface area contributed by atoms with Crippen LogP contribution in [-0.4, -0.2) is 19.4 Å². The molecular formula is C6H16NO2PS. The summed E-state index contributed by atoms with van der Waals surface area (Å²) in [6.45, 7) is 1.44. The van der Waals surface area contributed by atoms with E-state index < -0.39 is 6.72 Å². The van der Waals surface area contributed by atoms with Crippen LogP contribution in [-0.2, 0) is 9.09 Å². The van der Waals surface area contributed by atoms with Crippen LogP contribution in [0.15, 0.2) is 0 Å². The molecule has 0 bridgehead atoms. The van der Waals surface area contributed by atoms with Crippen molar-refractivity contribution >= 4 is 18.1 Å². The lowest BCUT2D eigenvalue weighted by atomic mass is 10.3. The zero-order valence-electron chi connectivity index (χ0n) is 7.46. The van der Waals surface area contributed by atoms with Crippen molar-refractivity contribution in [2.24, 2.45) is 0 Å². The van der Waals surface area contributed by atoms with Crippen molar-refractivity contribution in [2.75, 3.05) is 13.4 Å². The molecule has 0 aromatic carbocycles. The maximum Gasteiger partial charge on any atom is 0.326 e. The lowest BCUT2D eigenvalue weighted by Gasteiger charge is -2.18. The quantitative estimate of drug-likeness (QED) is 0.687. The van der Waals surface area contributed by atoms with Crippen LogP contribution in [0.5, 0.6) is 0 Å². The van der Waals surface area contributed by atoms with E-state index in [1.807, 2.05) is 13.8 Å². The van der Waals surface area contributed by atoms with E-state index in [4.69, 9.17) is 4.52 Å². The normalized spacial score (nSPS) is 19.3.